The summed E-state index contributed by atoms with van der Waals surface area (Å²) in [7, 11) is 0. The van der Waals surface area contributed by atoms with Crippen LogP contribution < -0.4 is 0 Å². The Hall–Kier alpha value is -0.980. The third-order valence-corrected chi connectivity index (χ3v) is 1.73. The van der Waals surface area contributed by atoms with E-state index < -0.39 is 0 Å². The van der Waals surface area contributed by atoms with E-state index in [-0.39, 0.29) is 5.60 Å². The molecule has 0 aromatic carbocycles. The quantitative estimate of drug-likeness (QED) is 0.457. The Morgan fingerprint density at radius 3 is 2.43 bits per heavy atom. The highest BCUT2D eigenvalue weighted by molar-refractivity contribution is 5.13. The van der Waals surface area contributed by atoms with Gasteiger partial charge in [-0.2, -0.15) is 0 Å². The van der Waals surface area contributed by atoms with Crippen LogP contribution in [-0.4, -0.2) is 5.60 Å². The summed E-state index contributed by atoms with van der Waals surface area (Å²) in [5, 5.41) is 0. The zero-order valence-corrected chi connectivity index (χ0v) is 9.84. The van der Waals surface area contributed by atoms with E-state index in [1.165, 1.54) is 0 Å². The van der Waals surface area contributed by atoms with Crippen LogP contribution in [0.2, 0.25) is 0 Å². The van der Waals surface area contributed by atoms with Crippen LogP contribution in [0.25, 0.3) is 0 Å². The summed E-state index contributed by atoms with van der Waals surface area (Å²) in [6, 6.07) is 0. The minimum atomic E-state index is -0.142. The van der Waals surface area contributed by atoms with Crippen LogP contribution in [0.1, 0.15) is 34.1 Å². The van der Waals surface area contributed by atoms with Gasteiger partial charge in [0.1, 0.15) is 11.4 Å². The molecule has 0 aliphatic heterocycles. The van der Waals surface area contributed by atoms with Crippen molar-refractivity contribution >= 4 is 0 Å². The molecule has 0 fully saturated rings. The standard InChI is InChI=1S/C13H22O/c1-7-8-9-12(4)14-13(5,6)10-11(2)3/h7-9,11H,1,4,10H2,2-3,5-6H3/b9-8-. The molecule has 0 radical (unpaired) electrons. The second-order valence-corrected chi connectivity index (χ2v) is 4.52. The van der Waals surface area contributed by atoms with E-state index in [2.05, 4.69) is 40.9 Å². The number of allylic oxidation sites excluding steroid dienone is 3. The molecule has 0 bridgehead atoms. The molecule has 0 N–H and O–H groups in total. The lowest BCUT2D eigenvalue weighted by atomic mass is 9.96. The molecule has 0 aromatic heterocycles. The maximum Gasteiger partial charge on any atom is 0.112 e. The van der Waals surface area contributed by atoms with Gasteiger partial charge in [-0.25, -0.2) is 0 Å². The minimum absolute atomic E-state index is 0.142. The topological polar surface area (TPSA) is 9.23 Å². The lowest BCUT2D eigenvalue weighted by molar-refractivity contribution is 0.0244. The molecule has 0 saturated heterocycles. The molecule has 0 saturated carbocycles. The fourth-order valence-electron chi connectivity index (χ4n) is 1.59. The fraction of sp³-hybridized carbons (Fsp3) is 0.538. The highest BCUT2D eigenvalue weighted by Crippen LogP contribution is 2.22. The molecule has 0 spiro atoms. The smallest absolute Gasteiger partial charge is 0.112 e. The maximum atomic E-state index is 5.72. The summed E-state index contributed by atoms with van der Waals surface area (Å²) in [5.74, 6) is 1.32. The third kappa shape index (κ3) is 6.53. The molecule has 0 heterocycles. The zero-order valence-electron chi connectivity index (χ0n) is 9.84. The Balaban J connectivity index is 4.14. The third-order valence-electron chi connectivity index (χ3n) is 1.73. The van der Waals surface area contributed by atoms with Gasteiger partial charge in [0.15, 0.2) is 0 Å². The maximum absolute atomic E-state index is 5.72. The summed E-state index contributed by atoms with van der Waals surface area (Å²) >= 11 is 0. The van der Waals surface area contributed by atoms with Crippen LogP contribution >= 0.6 is 0 Å². The highest BCUT2D eigenvalue weighted by atomic mass is 16.5. The second-order valence-electron chi connectivity index (χ2n) is 4.52. The molecular weight excluding hydrogens is 172 g/mol. The van der Waals surface area contributed by atoms with Crippen LogP contribution in [0, 0.1) is 5.92 Å². The Morgan fingerprint density at radius 2 is 2.00 bits per heavy atom. The van der Waals surface area contributed by atoms with Crippen molar-refractivity contribution in [2.75, 3.05) is 0 Å². The van der Waals surface area contributed by atoms with Gasteiger partial charge in [0.2, 0.25) is 0 Å². The molecule has 0 unspecified atom stereocenters. The first-order chi connectivity index (χ1) is 6.37. The van der Waals surface area contributed by atoms with Gasteiger partial charge in [-0.15, -0.1) is 0 Å². The van der Waals surface area contributed by atoms with Crippen LogP contribution in [0.15, 0.2) is 37.1 Å². The fourth-order valence-corrected chi connectivity index (χ4v) is 1.59. The molecule has 0 amide bonds. The first-order valence-corrected chi connectivity index (χ1v) is 5.04. The summed E-state index contributed by atoms with van der Waals surface area (Å²) in [6.07, 6.45) is 6.39. The van der Waals surface area contributed by atoms with E-state index in [1.807, 2.05) is 12.2 Å². The van der Waals surface area contributed by atoms with E-state index in [0.29, 0.717) is 11.7 Å². The van der Waals surface area contributed by atoms with Gasteiger partial charge in [-0.3, -0.25) is 0 Å². The molecule has 1 heteroatoms. The van der Waals surface area contributed by atoms with E-state index in [4.69, 9.17) is 4.74 Å². The largest absolute Gasteiger partial charge is 0.488 e. The Bertz CT molecular complexity index is 221. The van der Waals surface area contributed by atoms with Gasteiger partial charge >= 0.3 is 0 Å². The van der Waals surface area contributed by atoms with E-state index in [0.717, 1.165) is 6.42 Å². The highest BCUT2D eigenvalue weighted by Gasteiger charge is 2.20. The lowest BCUT2D eigenvalue weighted by Gasteiger charge is -2.28. The Kier molecular flexibility index (Phi) is 5.29. The van der Waals surface area contributed by atoms with Crippen molar-refractivity contribution in [3.8, 4) is 0 Å². The van der Waals surface area contributed by atoms with Gasteiger partial charge in [0.05, 0.1) is 0 Å². The molecule has 0 aliphatic carbocycles. The monoisotopic (exact) mass is 194 g/mol. The molecule has 14 heavy (non-hydrogen) atoms. The van der Waals surface area contributed by atoms with Crippen molar-refractivity contribution < 1.29 is 4.74 Å². The van der Waals surface area contributed by atoms with E-state index >= 15 is 0 Å². The Morgan fingerprint density at radius 1 is 1.43 bits per heavy atom. The molecule has 80 valence electrons. The predicted molar refractivity (Wildman–Crippen MR) is 63.1 cm³/mol. The minimum Gasteiger partial charge on any atom is -0.488 e. The van der Waals surface area contributed by atoms with Gasteiger partial charge in [-0.05, 0) is 32.3 Å². The lowest BCUT2D eigenvalue weighted by Crippen LogP contribution is -2.25. The number of rotatable bonds is 6. The molecule has 0 aromatic rings. The number of ether oxygens (including phenoxy) is 1. The van der Waals surface area contributed by atoms with Gasteiger partial charge < -0.3 is 4.74 Å². The summed E-state index contributed by atoms with van der Waals surface area (Å²) in [5.41, 5.74) is -0.142. The van der Waals surface area contributed by atoms with Gasteiger partial charge in [0.25, 0.3) is 0 Å². The first-order valence-electron chi connectivity index (χ1n) is 5.04. The molecule has 0 aliphatic rings. The van der Waals surface area contributed by atoms with Crippen LogP contribution in [-0.2, 0) is 4.74 Å². The normalized spacial score (nSPS) is 12.1. The molecular formula is C13H22O. The summed E-state index contributed by atoms with van der Waals surface area (Å²) < 4.78 is 5.72. The zero-order chi connectivity index (χ0) is 11.2. The molecule has 0 atom stereocenters. The van der Waals surface area contributed by atoms with Crippen molar-refractivity contribution in [1.29, 1.82) is 0 Å². The molecule has 1 nitrogen and oxygen atoms in total. The number of hydrogen-bond acceptors (Lipinski definition) is 1. The van der Waals surface area contributed by atoms with Crippen molar-refractivity contribution in [2.45, 2.75) is 39.7 Å². The van der Waals surface area contributed by atoms with E-state index in [1.54, 1.807) is 6.08 Å². The Labute approximate surface area is 88.2 Å². The SMILES string of the molecule is C=C/C=C\C(=C)OC(C)(C)CC(C)C. The van der Waals surface area contributed by atoms with Crippen molar-refractivity contribution in [3.63, 3.8) is 0 Å². The van der Waals surface area contributed by atoms with Crippen LogP contribution in [0.4, 0.5) is 0 Å². The average molecular weight is 194 g/mol. The van der Waals surface area contributed by atoms with Crippen molar-refractivity contribution in [1.82, 2.24) is 0 Å². The number of hydrogen-bond donors (Lipinski definition) is 0. The molecule has 0 rings (SSSR count). The van der Waals surface area contributed by atoms with Crippen LogP contribution in [0.3, 0.4) is 0 Å². The second kappa shape index (κ2) is 5.69. The van der Waals surface area contributed by atoms with Gasteiger partial charge in [-0.1, -0.05) is 39.2 Å². The summed E-state index contributed by atoms with van der Waals surface area (Å²) in [4.78, 5) is 0. The average Bonchev–Trinajstić information content (AvgIpc) is 1.96. The van der Waals surface area contributed by atoms with E-state index in [9.17, 15) is 0 Å². The predicted octanol–water partition coefficient (Wildman–Crippen LogP) is 4.08. The van der Waals surface area contributed by atoms with Crippen molar-refractivity contribution in [3.05, 3.63) is 37.1 Å². The van der Waals surface area contributed by atoms with Crippen LogP contribution in [0.5, 0.6) is 0 Å². The van der Waals surface area contributed by atoms with Gasteiger partial charge in [0, 0.05) is 0 Å². The first kappa shape index (κ1) is 13.0. The van der Waals surface area contributed by atoms with Crippen molar-refractivity contribution in [2.24, 2.45) is 5.92 Å². The summed E-state index contributed by atoms with van der Waals surface area (Å²) in [6.45, 7) is 16.0.